The van der Waals surface area contributed by atoms with E-state index in [1.54, 1.807) is 0 Å². The Labute approximate surface area is 34.8 Å². The molecule has 0 aliphatic carbocycles. The molecule has 0 amide bonds. The Morgan fingerprint density at radius 3 is 2.50 bits per heavy atom. The second kappa shape index (κ2) is 2.21. The highest BCUT2D eigenvalue weighted by Gasteiger charge is 1.87. The molecular weight excluding hydrogens is 86.0 g/mol. The Balaban J connectivity index is 3.13. The van der Waals surface area contributed by atoms with Gasteiger partial charge in [0.2, 0.25) is 0 Å². The zero-order valence-corrected chi connectivity index (χ0v) is 3.01. The number of carboxylic acid groups (broad SMARTS) is 1. The van der Waals surface area contributed by atoms with Crippen molar-refractivity contribution in [1.82, 2.24) is 0 Å². The molecule has 0 radical (unpaired) electrons. The van der Waals surface area contributed by atoms with Gasteiger partial charge in [-0.2, -0.15) is 5.26 Å². The van der Waals surface area contributed by atoms with Crippen molar-refractivity contribution in [2.24, 2.45) is 0 Å². The molecule has 0 aliphatic heterocycles. The van der Waals surface area contributed by atoms with Crippen molar-refractivity contribution in [2.45, 2.75) is 6.42 Å². The van der Waals surface area contributed by atoms with Gasteiger partial charge in [0.25, 0.3) is 0 Å². The summed E-state index contributed by atoms with van der Waals surface area (Å²) in [4.78, 5) is 9.38. The highest BCUT2D eigenvalue weighted by atomic mass is 16.5. The molecule has 0 spiro atoms. The Bertz CT molecular complexity index is 91.5. The third-order valence-corrected chi connectivity index (χ3v) is 0.230. The Morgan fingerprint density at radius 2 is 2.50 bits per heavy atom. The summed E-state index contributed by atoms with van der Waals surface area (Å²) in [5, 5.41) is 15.3. The van der Waals surface area contributed by atoms with E-state index in [2.05, 4.69) is 0 Å². The van der Waals surface area contributed by atoms with Gasteiger partial charge in [0.05, 0.1) is 6.07 Å². The quantitative estimate of drug-likeness (QED) is 0.363. The van der Waals surface area contributed by atoms with Crippen molar-refractivity contribution in [1.29, 1.82) is 5.26 Å². The predicted octanol–water partition coefficient (Wildman–Crippen LogP) is -0.0153. The molecule has 0 saturated carbocycles. The predicted molar refractivity (Wildman–Crippen MR) is 17.9 cm³/mol. The zero-order valence-electron chi connectivity index (χ0n) is 3.01. The molecule has 0 unspecified atom stereocenters. The van der Waals surface area contributed by atoms with Crippen LogP contribution in [0.25, 0.3) is 0 Å². The summed E-state index contributed by atoms with van der Waals surface area (Å²) in [5.74, 6) is -1.07. The fourth-order valence-electron chi connectivity index (χ4n) is 0.0676. The first-order chi connectivity index (χ1) is 2.77. The standard InChI is InChI=1S/C3H3NO2/c4-2-1-3(5)6/h1H2,(H,5,6)/i1+1,2+1,3+1,4+1. The molecule has 0 bridgehead atoms. The largest absolute Gasteiger partial charge is 0.480 e. The molecule has 0 rings (SSSR count). The summed E-state index contributed by atoms with van der Waals surface area (Å²) >= 11 is 0. The van der Waals surface area contributed by atoms with Crippen LogP contribution in [0.3, 0.4) is 0 Å². The smallest absolute Gasteiger partial charge is 0.317 e. The van der Waals surface area contributed by atoms with E-state index < -0.39 is 12.4 Å². The molecule has 0 atom stereocenters. The Kier molecular flexibility index (Phi) is 1.83. The molecule has 0 fully saturated rings. The summed E-state index contributed by atoms with van der Waals surface area (Å²) in [6.07, 6.45) is -0.403. The topological polar surface area (TPSA) is 61.1 Å². The number of hydrogen-bond acceptors (Lipinski definition) is 2. The minimum absolute atomic E-state index is 0.403. The van der Waals surface area contributed by atoms with Crippen molar-refractivity contribution < 1.29 is 9.90 Å². The van der Waals surface area contributed by atoms with Crippen molar-refractivity contribution >= 4 is 5.97 Å². The number of carboxylic acids is 1. The lowest BCUT2D eigenvalue weighted by Gasteiger charge is -1.70. The molecule has 1 N–H and O–H groups in total. The lowest BCUT2D eigenvalue weighted by atomic mass is 11.5. The first kappa shape index (κ1) is 4.96. The van der Waals surface area contributed by atoms with Crippen molar-refractivity contribution in [3.8, 4) is 6.07 Å². The van der Waals surface area contributed by atoms with E-state index in [1.165, 1.54) is 6.07 Å². The molecule has 0 heterocycles. The lowest BCUT2D eigenvalue weighted by Crippen LogP contribution is -1.88. The summed E-state index contributed by atoms with van der Waals surface area (Å²) in [6.45, 7) is 0. The molecule has 0 saturated heterocycles. The van der Waals surface area contributed by atoms with E-state index in [0.29, 0.717) is 0 Å². The van der Waals surface area contributed by atoms with Crippen molar-refractivity contribution in [2.75, 3.05) is 0 Å². The molecule has 3 heteroatoms. The van der Waals surface area contributed by atoms with Crippen LogP contribution in [0.5, 0.6) is 0 Å². The number of hydrogen-bond donors (Lipinski definition) is 1. The summed E-state index contributed by atoms with van der Waals surface area (Å²) < 4.78 is 0. The van der Waals surface area contributed by atoms with Crippen molar-refractivity contribution in [3.05, 3.63) is 0 Å². The molecule has 32 valence electrons. The monoisotopic (exact) mass is 89.0 g/mol. The van der Waals surface area contributed by atoms with Crippen LogP contribution >= 0.6 is 0 Å². The molecule has 3 nitrogen and oxygen atoms in total. The van der Waals surface area contributed by atoms with Crippen LogP contribution in [0.15, 0.2) is 0 Å². The number of nitrogens with zero attached hydrogens (tertiary/aromatic N) is 1. The second-order valence-electron chi connectivity index (χ2n) is 0.729. The van der Waals surface area contributed by atoms with Gasteiger partial charge in [0.1, 0.15) is 6.42 Å². The van der Waals surface area contributed by atoms with Crippen LogP contribution in [-0.2, 0) is 4.79 Å². The molecule has 0 aliphatic rings. The third-order valence-electron chi connectivity index (χ3n) is 0.230. The molecule has 0 aromatic carbocycles. The number of rotatable bonds is 1. The van der Waals surface area contributed by atoms with Crippen LogP contribution in [0.1, 0.15) is 6.42 Å². The molecular formula is C3H3NO2. The maximum Gasteiger partial charge on any atom is 0.317 e. The van der Waals surface area contributed by atoms with Crippen LogP contribution in [0.2, 0.25) is 0 Å². The zero-order chi connectivity index (χ0) is 4.99. The minimum atomic E-state index is -1.07. The second-order valence-corrected chi connectivity index (χ2v) is 0.729. The maximum atomic E-state index is 9.38. The fourth-order valence-corrected chi connectivity index (χ4v) is 0.0676. The minimum Gasteiger partial charge on any atom is -0.480 e. The number of carbonyl (C=O) groups is 1. The van der Waals surface area contributed by atoms with Gasteiger partial charge in [-0.05, 0) is 0 Å². The van der Waals surface area contributed by atoms with E-state index >= 15 is 0 Å². The van der Waals surface area contributed by atoms with Crippen LogP contribution in [0.4, 0.5) is 0 Å². The van der Waals surface area contributed by atoms with Gasteiger partial charge < -0.3 is 5.11 Å². The summed E-state index contributed by atoms with van der Waals surface area (Å²) in [6, 6.07) is 1.47. The Hall–Kier alpha value is -1.04. The van der Waals surface area contributed by atoms with E-state index in [9.17, 15) is 4.79 Å². The normalized spacial score (nSPS) is 6.50. The molecule has 6 heavy (non-hydrogen) atoms. The Morgan fingerprint density at radius 1 is 2.00 bits per heavy atom. The van der Waals surface area contributed by atoms with Gasteiger partial charge in [-0.15, -0.1) is 0 Å². The average Bonchev–Trinajstić information content (AvgIpc) is 1.35. The van der Waals surface area contributed by atoms with E-state index in [4.69, 9.17) is 10.4 Å². The summed E-state index contributed by atoms with van der Waals surface area (Å²) in [5.41, 5.74) is 0. The van der Waals surface area contributed by atoms with E-state index in [-0.39, 0.29) is 0 Å². The first-order valence-electron chi connectivity index (χ1n) is 1.36. The van der Waals surface area contributed by atoms with E-state index in [0.717, 1.165) is 0 Å². The average molecular weight is 89.0 g/mol. The molecule has 0 aromatic rings. The van der Waals surface area contributed by atoms with Gasteiger partial charge in [0, 0.05) is 0 Å². The van der Waals surface area contributed by atoms with E-state index in [1.807, 2.05) is 0 Å². The number of aliphatic carboxylic acids is 1. The lowest BCUT2D eigenvalue weighted by molar-refractivity contribution is -0.135. The summed E-state index contributed by atoms with van der Waals surface area (Å²) in [7, 11) is 0. The van der Waals surface area contributed by atoms with Gasteiger partial charge in [-0.1, -0.05) is 0 Å². The van der Waals surface area contributed by atoms with Gasteiger partial charge >= 0.3 is 5.97 Å². The maximum absolute atomic E-state index is 9.38. The highest BCUT2D eigenvalue weighted by Crippen LogP contribution is 1.68. The number of nitriles is 1. The van der Waals surface area contributed by atoms with Crippen LogP contribution in [-0.4, -0.2) is 11.1 Å². The van der Waals surface area contributed by atoms with Gasteiger partial charge in [-0.25, -0.2) is 0 Å². The first-order valence-corrected chi connectivity index (χ1v) is 1.36. The third kappa shape index (κ3) is 2.96. The van der Waals surface area contributed by atoms with Gasteiger partial charge in [0.15, 0.2) is 0 Å². The molecule has 0 aromatic heterocycles. The SMILES string of the molecule is [15N]#[13C][13CH2][13C](=O)O. The van der Waals surface area contributed by atoms with Crippen LogP contribution in [0, 0.1) is 11.3 Å². The fraction of sp³-hybridized carbons (Fsp3) is 0.333. The van der Waals surface area contributed by atoms with Crippen molar-refractivity contribution in [3.63, 3.8) is 0 Å². The van der Waals surface area contributed by atoms with Gasteiger partial charge in [-0.3, -0.25) is 4.79 Å². The van der Waals surface area contributed by atoms with Crippen LogP contribution < -0.4 is 0 Å². The highest BCUT2D eigenvalue weighted by molar-refractivity contribution is 5.69.